The number of aromatic amines is 1. The number of nitrogens with zero attached hydrogens (tertiary/aromatic N) is 1. The molecule has 1 amide bonds. The van der Waals surface area contributed by atoms with E-state index in [4.69, 9.17) is 5.21 Å². The molecule has 0 saturated heterocycles. The molecule has 0 bridgehead atoms. The van der Waals surface area contributed by atoms with Crippen molar-refractivity contribution in [3.63, 3.8) is 0 Å². The first-order valence-electron chi connectivity index (χ1n) is 7.67. The number of aromatic nitrogens is 2. The summed E-state index contributed by atoms with van der Waals surface area (Å²) < 4.78 is 0. The number of hydrogen-bond donors (Lipinski definition) is 3. The lowest BCUT2D eigenvalue weighted by atomic mass is 10.1. The van der Waals surface area contributed by atoms with Crippen molar-refractivity contribution in [1.29, 1.82) is 0 Å². The molecule has 1 aromatic carbocycles. The number of fused-ring (bicyclic) bond motifs is 1. The summed E-state index contributed by atoms with van der Waals surface area (Å²) in [7, 11) is 0. The van der Waals surface area contributed by atoms with Gasteiger partial charge in [-0.25, -0.2) is 10.5 Å². The van der Waals surface area contributed by atoms with Gasteiger partial charge in [-0.2, -0.15) is 0 Å². The molecule has 3 N–H and O–H groups in total. The van der Waals surface area contributed by atoms with Gasteiger partial charge in [0, 0.05) is 35.3 Å². The second kappa shape index (κ2) is 7.39. The molecular formula is C17H19N3O2S. The van der Waals surface area contributed by atoms with Crippen LogP contribution in [0.4, 0.5) is 0 Å². The van der Waals surface area contributed by atoms with Gasteiger partial charge < -0.3 is 4.98 Å². The highest BCUT2D eigenvalue weighted by molar-refractivity contribution is 7.09. The van der Waals surface area contributed by atoms with E-state index < -0.39 is 0 Å². The van der Waals surface area contributed by atoms with Crippen LogP contribution in [0.25, 0.3) is 10.9 Å². The molecule has 23 heavy (non-hydrogen) atoms. The molecule has 0 spiro atoms. The van der Waals surface area contributed by atoms with Crippen LogP contribution < -0.4 is 5.48 Å². The average molecular weight is 329 g/mol. The summed E-state index contributed by atoms with van der Waals surface area (Å²) in [6.45, 7) is 0. The molecule has 2 heterocycles. The van der Waals surface area contributed by atoms with Crippen LogP contribution in [0, 0.1) is 0 Å². The molecule has 6 heteroatoms. The first-order chi connectivity index (χ1) is 11.3. The van der Waals surface area contributed by atoms with Crippen LogP contribution in [0.5, 0.6) is 0 Å². The van der Waals surface area contributed by atoms with E-state index in [1.54, 1.807) is 16.8 Å². The van der Waals surface area contributed by atoms with E-state index in [0.29, 0.717) is 12.8 Å². The Bertz CT molecular complexity index is 794. The number of thiazole rings is 1. The van der Waals surface area contributed by atoms with Gasteiger partial charge in [0.1, 0.15) is 0 Å². The molecule has 3 rings (SSSR count). The molecule has 0 aliphatic rings. The zero-order valence-electron chi connectivity index (χ0n) is 12.7. The second-order valence-corrected chi connectivity index (χ2v) is 6.42. The van der Waals surface area contributed by atoms with E-state index in [2.05, 4.69) is 39.7 Å². The number of amides is 1. The Morgan fingerprint density at radius 2 is 2.13 bits per heavy atom. The van der Waals surface area contributed by atoms with Crippen molar-refractivity contribution in [3.8, 4) is 0 Å². The molecule has 0 unspecified atom stereocenters. The third kappa shape index (κ3) is 3.97. The lowest BCUT2D eigenvalue weighted by Crippen LogP contribution is -2.18. The summed E-state index contributed by atoms with van der Waals surface area (Å²) in [6.07, 6.45) is 5.73. The molecule has 5 nitrogen and oxygen atoms in total. The standard InChI is InChI=1S/C17H19N3O2S/c21-16(20-22)7-3-4-13-11-23-17(19-13)9-8-12-10-18-15-6-2-1-5-14(12)15/h1-2,5-6,10-11,18,22H,3-4,7-9H2,(H,20,21). The zero-order chi connectivity index (χ0) is 16.1. The predicted octanol–water partition coefficient (Wildman–Crippen LogP) is 3.24. The maximum absolute atomic E-state index is 11.0. The highest BCUT2D eigenvalue weighted by Crippen LogP contribution is 2.20. The molecule has 0 aliphatic heterocycles. The fourth-order valence-electron chi connectivity index (χ4n) is 2.64. The Kier molecular flexibility index (Phi) is 5.05. The average Bonchev–Trinajstić information content (AvgIpc) is 3.19. The van der Waals surface area contributed by atoms with Crippen LogP contribution in [0.1, 0.15) is 29.1 Å². The number of aryl methyl sites for hydroxylation is 3. The van der Waals surface area contributed by atoms with Crippen LogP contribution in [-0.4, -0.2) is 21.1 Å². The number of nitrogens with one attached hydrogen (secondary N) is 2. The van der Waals surface area contributed by atoms with Gasteiger partial charge in [0.05, 0.1) is 10.7 Å². The lowest BCUT2D eigenvalue weighted by molar-refractivity contribution is -0.129. The van der Waals surface area contributed by atoms with Crippen molar-refractivity contribution in [2.75, 3.05) is 0 Å². The first-order valence-corrected chi connectivity index (χ1v) is 8.55. The maximum atomic E-state index is 11.0. The van der Waals surface area contributed by atoms with Crippen molar-refractivity contribution >= 4 is 28.1 Å². The highest BCUT2D eigenvalue weighted by Gasteiger charge is 2.07. The molecule has 120 valence electrons. The van der Waals surface area contributed by atoms with Crippen LogP contribution in [0.3, 0.4) is 0 Å². The molecule has 0 saturated carbocycles. The van der Waals surface area contributed by atoms with Crippen molar-refractivity contribution < 1.29 is 10.0 Å². The van der Waals surface area contributed by atoms with Crippen LogP contribution in [-0.2, 0) is 24.1 Å². The molecule has 0 aliphatic carbocycles. The third-order valence-electron chi connectivity index (χ3n) is 3.84. The van der Waals surface area contributed by atoms with Gasteiger partial charge in [-0.3, -0.25) is 10.0 Å². The summed E-state index contributed by atoms with van der Waals surface area (Å²) >= 11 is 1.67. The zero-order valence-corrected chi connectivity index (χ0v) is 13.5. The summed E-state index contributed by atoms with van der Waals surface area (Å²) in [5.74, 6) is -0.347. The number of carbonyl (C=O) groups excluding carboxylic acids is 1. The maximum Gasteiger partial charge on any atom is 0.243 e. The van der Waals surface area contributed by atoms with E-state index in [-0.39, 0.29) is 5.91 Å². The summed E-state index contributed by atoms with van der Waals surface area (Å²) in [4.78, 5) is 18.9. The highest BCUT2D eigenvalue weighted by atomic mass is 32.1. The number of hydrogen-bond acceptors (Lipinski definition) is 4. The Morgan fingerprint density at radius 1 is 1.26 bits per heavy atom. The topological polar surface area (TPSA) is 78.0 Å². The smallest absolute Gasteiger partial charge is 0.243 e. The van der Waals surface area contributed by atoms with Gasteiger partial charge in [-0.15, -0.1) is 11.3 Å². The van der Waals surface area contributed by atoms with Gasteiger partial charge in [-0.1, -0.05) is 18.2 Å². The Labute approximate surface area is 138 Å². The molecule has 3 aromatic rings. The van der Waals surface area contributed by atoms with E-state index in [0.717, 1.165) is 30.0 Å². The van der Waals surface area contributed by atoms with Crippen LogP contribution in [0.15, 0.2) is 35.8 Å². The van der Waals surface area contributed by atoms with Crippen LogP contribution in [0.2, 0.25) is 0 Å². The van der Waals surface area contributed by atoms with E-state index in [9.17, 15) is 4.79 Å². The number of para-hydroxylation sites is 1. The molecular weight excluding hydrogens is 310 g/mol. The largest absolute Gasteiger partial charge is 0.361 e. The number of H-pyrrole nitrogens is 1. The molecule has 0 atom stereocenters. The van der Waals surface area contributed by atoms with Gasteiger partial charge in [-0.05, 0) is 30.9 Å². The Hall–Kier alpha value is -2.18. The second-order valence-electron chi connectivity index (χ2n) is 5.48. The van der Waals surface area contributed by atoms with Gasteiger partial charge in [0.2, 0.25) is 5.91 Å². The minimum atomic E-state index is -0.347. The Morgan fingerprint density at radius 3 is 3.00 bits per heavy atom. The third-order valence-corrected chi connectivity index (χ3v) is 4.80. The number of hydroxylamine groups is 1. The Balaban J connectivity index is 1.54. The van der Waals surface area contributed by atoms with Crippen molar-refractivity contribution in [3.05, 3.63) is 52.1 Å². The minimum Gasteiger partial charge on any atom is -0.361 e. The summed E-state index contributed by atoms with van der Waals surface area (Å²) in [6, 6.07) is 8.32. The summed E-state index contributed by atoms with van der Waals surface area (Å²) in [5, 5.41) is 12.9. The molecule has 0 fully saturated rings. The summed E-state index contributed by atoms with van der Waals surface area (Å²) in [5.41, 5.74) is 5.16. The monoisotopic (exact) mass is 329 g/mol. The van der Waals surface area contributed by atoms with Gasteiger partial charge >= 0.3 is 0 Å². The van der Waals surface area contributed by atoms with E-state index >= 15 is 0 Å². The fourth-order valence-corrected chi connectivity index (χ4v) is 3.48. The van der Waals surface area contributed by atoms with Crippen molar-refractivity contribution in [2.45, 2.75) is 32.1 Å². The number of benzene rings is 1. The predicted molar refractivity (Wildman–Crippen MR) is 90.7 cm³/mol. The number of rotatable bonds is 7. The number of carbonyl (C=O) groups is 1. The minimum absolute atomic E-state index is 0.318. The van der Waals surface area contributed by atoms with Crippen LogP contribution >= 0.6 is 11.3 Å². The quantitative estimate of drug-likeness (QED) is 0.460. The fraction of sp³-hybridized carbons (Fsp3) is 0.294. The van der Waals surface area contributed by atoms with Gasteiger partial charge in [0.15, 0.2) is 0 Å². The SMILES string of the molecule is O=C(CCCc1csc(CCc2c[nH]c3ccccc23)n1)NO. The normalized spacial score (nSPS) is 11.0. The van der Waals surface area contributed by atoms with Gasteiger partial charge in [0.25, 0.3) is 0 Å². The van der Waals surface area contributed by atoms with E-state index in [1.165, 1.54) is 16.5 Å². The first kappa shape index (κ1) is 15.7. The van der Waals surface area contributed by atoms with Crippen molar-refractivity contribution in [2.24, 2.45) is 0 Å². The van der Waals surface area contributed by atoms with E-state index in [1.807, 2.05) is 6.07 Å². The van der Waals surface area contributed by atoms with Crippen molar-refractivity contribution in [1.82, 2.24) is 15.4 Å². The molecule has 0 radical (unpaired) electrons. The lowest BCUT2D eigenvalue weighted by Gasteiger charge is -1.98. The molecule has 2 aromatic heterocycles.